The van der Waals surface area contributed by atoms with Crippen LogP contribution in [-0.2, 0) is 30.3 Å². The van der Waals surface area contributed by atoms with Gasteiger partial charge in [-0.15, -0.1) is 0 Å². The maximum atomic E-state index is 12.2. The lowest BCUT2D eigenvalue weighted by Gasteiger charge is -2.22. The molecule has 1 heterocycles. The SMILES string of the molecule is CCCCOC[C@H]1OC(=O)[C@@H](OCCCC)C1OCc1ccccc1. The fourth-order valence-corrected chi connectivity index (χ4v) is 2.67. The van der Waals surface area contributed by atoms with Gasteiger partial charge >= 0.3 is 5.97 Å². The first-order valence-electron chi connectivity index (χ1n) is 9.31. The molecule has 3 atom stereocenters. The molecule has 0 N–H and O–H groups in total. The molecule has 140 valence electrons. The standard InChI is InChI=1S/C20H30O5/c1-3-5-12-22-15-17-18(24-14-16-10-8-7-9-11-16)19(20(21)25-17)23-13-6-4-2/h7-11,17-19H,3-6,12-15H2,1-2H3/t17-,18?,19+/m1/s1. The number of hydrogen-bond acceptors (Lipinski definition) is 5. The normalized spacial score (nSPS) is 23.0. The summed E-state index contributed by atoms with van der Waals surface area (Å²) >= 11 is 0. The van der Waals surface area contributed by atoms with Crippen LogP contribution in [0.15, 0.2) is 30.3 Å². The van der Waals surface area contributed by atoms with Crippen molar-refractivity contribution >= 4 is 5.97 Å². The molecule has 1 aromatic rings. The largest absolute Gasteiger partial charge is 0.455 e. The highest BCUT2D eigenvalue weighted by Gasteiger charge is 2.46. The third kappa shape index (κ3) is 6.42. The average molecular weight is 350 g/mol. The number of carbonyl (C=O) groups excluding carboxylic acids is 1. The van der Waals surface area contributed by atoms with Crippen molar-refractivity contribution in [3.8, 4) is 0 Å². The van der Waals surface area contributed by atoms with Crippen molar-refractivity contribution in [2.24, 2.45) is 0 Å². The third-order valence-electron chi connectivity index (χ3n) is 4.17. The second-order valence-electron chi connectivity index (χ2n) is 6.31. The van der Waals surface area contributed by atoms with Crippen LogP contribution in [0.1, 0.15) is 45.1 Å². The van der Waals surface area contributed by atoms with Crippen molar-refractivity contribution in [2.45, 2.75) is 64.4 Å². The molecule has 0 bridgehead atoms. The predicted molar refractivity (Wildman–Crippen MR) is 95.3 cm³/mol. The molecule has 0 radical (unpaired) electrons. The fourth-order valence-electron chi connectivity index (χ4n) is 2.67. The highest BCUT2D eigenvalue weighted by atomic mass is 16.6. The highest BCUT2D eigenvalue weighted by Crippen LogP contribution is 2.24. The van der Waals surface area contributed by atoms with Gasteiger partial charge in [-0.25, -0.2) is 4.79 Å². The molecule has 1 aliphatic heterocycles. The lowest BCUT2D eigenvalue weighted by molar-refractivity contribution is -0.151. The van der Waals surface area contributed by atoms with Crippen molar-refractivity contribution in [1.82, 2.24) is 0 Å². The van der Waals surface area contributed by atoms with E-state index in [1.165, 1.54) is 0 Å². The topological polar surface area (TPSA) is 54.0 Å². The lowest BCUT2D eigenvalue weighted by Crippen LogP contribution is -2.38. The number of rotatable bonds is 12. The Morgan fingerprint density at radius 2 is 1.72 bits per heavy atom. The number of carbonyl (C=O) groups is 1. The number of benzene rings is 1. The average Bonchev–Trinajstić information content (AvgIpc) is 2.93. The molecular formula is C20H30O5. The van der Waals surface area contributed by atoms with Crippen LogP contribution < -0.4 is 0 Å². The predicted octanol–water partition coefficient (Wildman–Crippen LogP) is 3.50. The second-order valence-corrected chi connectivity index (χ2v) is 6.31. The summed E-state index contributed by atoms with van der Waals surface area (Å²) in [5, 5.41) is 0. The summed E-state index contributed by atoms with van der Waals surface area (Å²) in [5.41, 5.74) is 1.06. The Morgan fingerprint density at radius 3 is 2.44 bits per heavy atom. The van der Waals surface area contributed by atoms with Crippen LogP contribution in [-0.4, -0.2) is 44.1 Å². The molecule has 0 saturated carbocycles. The molecule has 0 spiro atoms. The molecule has 25 heavy (non-hydrogen) atoms. The quantitative estimate of drug-likeness (QED) is 0.427. The summed E-state index contributed by atoms with van der Waals surface area (Å²) in [7, 11) is 0. The number of esters is 1. The highest BCUT2D eigenvalue weighted by molar-refractivity contribution is 5.78. The minimum absolute atomic E-state index is 0.346. The Balaban J connectivity index is 1.94. The number of unbranched alkanes of at least 4 members (excludes halogenated alkanes) is 2. The number of cyclic esters (lactones) is 1. The van der Waals surface area contributed by atoms with E-state index < -0.39 is 18.3 Å². The van der Waals surface area contributed by atoms with E-state index in [1.54, 1.807) is 0 Å². The van der Waals surface area contributed by atoms with Crippen LogP contribution in [0.3, 0.4) is 0 Å². The van der Waals surface area contributed by atoms with Gasteiger partial charge in [-0.1, -0.05) is 57.0 Å². The lowest BCUT2D eigenvalue weighted by atomic mass is 10.1. The summed E-state index contributed by atoms with van der Waals surface area (Å²) in [6, 6.07) is 9.90. The molecule has 2 rings (SSSR count). The molecule has 5 nitrogen and oxygen atoms in total. The van der Waals surface area contributed by atoms with Crippen molar-refractivity contribution in [3.05, 3.63) is 35.9 Å². The van der Waals surface area contributed by atoms with Crippen LogP contribution in [0, 0.1) is 0 Å². The summed E-state index contributed by atoms with van der Waals surface area (Å²) < 4.78 is 22.9. The van der Waals surface area contributed by atoms with Gasteiger partial charge in [0.15, 0.2) is 12.2 Å². The van der Waals surface area contributed by atoms with Crippen LogP contribution >= 0.6 is 0 Å². The van der Waals surface area contributed by atoms with E-state index in [2.05, 4.69) is 13.8 Å². The monoisotopic (exact) mass is 350 g/mol. The Labute approximate surface area is 150 Å². The summed E-state index contributed by atoms with van der Waals surface area (Å²) in [6.07, 6.45) is 2.46. The van der Waals surface area contributed by atoms with Gasteiger partial charge in [-0.3, -0.25) is 0 Å². The van der Waals surface area contributed by atoms with Gasteiger partial charge in [-0.2, -0.15) is 0 Å². The molecule has 0 aromatic heterocycles. The molecule has 1 fully saturated rings. The van der Waals surface area contributed by atoms with Gasteiger partial charge in [-0.05, 0) is 18.4 Å². The zero-order valence-electron chi connectivity index (χ0n) is 15.3. The molecule has 5 heteroatoms. The summed E-state index contributed by atoms with van der Waals surface area (Å²) in [4.78, 5) is 12.2. The van der Waals surface area contributed by atoms with Crippen molar-refractivity contribution < 1.29 is 23.7 Å². The van der Waals surface area contributed by atoms with E-state index in [0.717, 1.165) is 31.2 Å². The second kappa shape index (κ2) is 11.2. The van der Waals surface area contributed by atoms with Gasteiger partial charge in [0.1, 0.15) is 6.10 Å². The van der Waals surface area contributed by atoms with E-state index in [1.807, 2.05) is 30.3 Å². The zero-order valence-corrected chi connectivity index (χ0v) is 15.3. The Kier molecular flexibility index (Phi) is 8.94. The first kappa shape index (κ1) is 19.9. The van der Waals surface area contributed by atoms with E-state index in [0.29, 0.717) is 26.4 Å². The van der Waals surface area contributed by atoms with Gasteiger partial charge < -0.3 is 18.9 Å². The molecule has 1 aliphatic rings. The molecular weight excluding hydrogens is 320 g/mol. The molecule has 1 saturated heterocycles. The van der Waals surface area contributed by atoms with Crippen LogP contribution in [0.4, 0.5) is 0 Å². The van der Waals surface area contributed by atoms with Crippen LogP contribution in [0.5, 0.6) is 0 Å². The molecule has 1 aromatic carbocycles. The van der Waals surface area contributed by atoms with E-state index in [4.69, 9.17) is 18.9 Å². The number of ether oxygens (including phenoxy) is 4. The third-order valence-corrected chi connectivity index (χ3v) is 4.17. The maximum absolute atomic E-state index is 12.2. The summed E-state index contributed by atoms with van der Waals surface area (Å²) in [6.45, 7) is 6.16. The minimum Gasteiger partial charge on any atom is -0.455 e. The van der Waals surface area contributed by atoms with Gasteiger partial charge in [0, 0.05) is 13.2 Å². The van der Waals surface area contributed by atoms with Gasteiger partial charge in [0.25, 0.3) is 0 Å². The molecule has 0 amide bonds. The maximum Gasteiger partial charge on any atom is 0.338 e. The van der Waals surface area contributed by atoms with E-state index in [-0.39, 0.29) is 5.97 Å². The Morgan fingerprint density at radius 1 is 1.00 bits per heavy atom. The molecule has 0 aliphatic carbocycles. The van der Waals surface area contributed by atoms with Crippen molar-refractivity contribution in [2.75, 3.05) is 19.8 Å². The fraction of sp³-hybridized carbons (Fsp3) is 0.650. The Hall–Kier alpha value is -1.43. The number of hydrogen-bond donors (Lipinski definition) is 0. The van der Waals surface area contributed by atoms with Crippen molar-refractivity contribution in [3.63, 3.8) is 0 Å². The van der Waals surface area contributed by atoms with Gasteiger partial charge in [0.2, 0.25) is 0 Å². The Bertz CT molecular complexity index is 490. The molecule has 1 unspecified atom stereocenters. The van der Waals surface area contributed by atoms with Crippen LogP contribution in [0.2, 0.25) is 0 Å². The van der Waals surface area contributed by atoms with E-state index >= 15 is 0 Å². The van der Waals surface area contributed by atoms with Crippen molar-refractivity contribution in [1.29, 1.82) is 0 Å². The smallest absolute Gasteiger partial charge is 0.338 e. The zero-order chi connectivity index (χ0) is 17.9. The first-order chi connectivity index (χ1) is 12.3. The first-order valence-corrected chi connectivity index (χ1v) is 9.31. The summed E-state index contributed by atoms with van der Waals surface area (Å²) in [5.74, 6) is -0.349. The minimum atomic E-state index is -0.671. The van der Waals surface area contributed by atoms with E-state index in [9.17, 15) is 4.79 Å². The van der Waals surface area contributed by atoms with Gasteiger partial charge in [0.05, 0.1) is 13.2 Å². The van der Waals surface area contributed by atoms with Crippen LogP contribution in [0.25, 0.3) is 0 Å².